The van der Waals surface area contributed by atoms with Gasteiger partial charge >= 0.3 is 0 Å². The summed E-state index contributed by atoms with van der Waals surface area (Å²) in [5.74, 6) is 1.37. The topological polar surface area (TPSA) is 72.0 Å². The summed E-state index contributed by atoms with van der Waals surface area (Å²) in [5, 5.41) is 5.34. The Morgan fingerprint density at radius 2 is 1.93 bits per heavy atom. The first-order valence-corrected chi connectivity index (χ1v) is 10.8. The van der Waals surface area contributed by atoms with E-state index in [4.69, 9.17) is 0 Å². The summed E-state index contributed by atoms with van der Waals surface area (Å²) in [6, 6.07) is 6.93. The van der Waals surface area contributed by atoms with Crippen molar-refractivity contribution in [1.82, 2.24) is 9.97 Å². The molecule has 3 rings (SSSR count). The lowest BCUT2D eigenvalue weighted by molar-refractivity contribution is -0.113. The molecule has 2 aromatic rings. The minimum atomic E-state index is -0.0904. The molecular formula is C20H23N3O2S2. The lowest BCUT2D eigenvalue weighted by Crippen LogP contribution is -2.15. The van der Waals surface area contributed by atoms with Gasteiger partial charge in [0.2, 0.25) is 5.91 Å². The maximum atomic E-state index is 12.4. The highest BCUT2D eigenvalue weighted by Gasteiger charge is 2.33. The largest absolute Gasteiger partial charge is 0.325 e. The van der Waals surface area contributed by atoms with Crippen LogP contribution in [0, 0.1) is 6.92 Å². The van der Waals surface area contributed by atoms with Gasteiger partial charge in [0.15, 0.2) is 5.78 Å². The Kier molecular flexibility index (Phi) is 6.22. The van der Waals surface area contributed by atoms with Crippen LogP contribution in [0.3, 0.4) is 0 Å². The summed E-state index contributed by atoms with van der Waals surface area (Å²) < 4.78 is 0. The number of aromatic nitrogens is 2. The van der Waals surface area contributed by atoms with Crippen LogP contribution in [0.1, 0.15) is 54.9 Å². The van der Waals surface area contributed by atoms with Gasteiger partial charge in [-0.2, -0.15) is 0 Å². The zero-order valence-corrected chi connectivity index (χ0v) is 17.5. The number of thioether (sulfide) groups is 2. The quantitative estimate of drug-likeness (QED) is 0.429. The zero-order chi connectivity index (χ0) is 19.6. The fraction of sp³-hybridized carbons (Fsp3) is 0.400. The van der Waals surface area contributed by atoms with E-state index in [9.17, 15) is 9.59 Å². The minimum Gasteiger partial charge on any atom is -0.325 e. The molecule has 0 saturated heterocycles. The summed E-state index contributed by atoms with van der Waals surface area (Å²) in [4.78, 5) is 32.9. The van der Waals surface area contributed by atoms with Crippen LogP contribution in [0.2, 0.25) is 0 Å². The van der Waals surface area contributed by atoms with Crippen LogP contribution in [0.25, 0.3) is 0 Å². The monoisotopic (exact) mass is 401 g/mol. The standard InChI is InChI=1S/C20H23N3O2S2/c1-5-16-12(3)27-20-18(16)19(21-13(4)22-20)26-10-17(25)23-15-8-6-14(7-9-15)11(2)24/h6-9,12,16H,5,10H2,1-4H3,(H,23,25)/t12-,16-/m0/s1. The summed E-state index contributed by atoms with van der Waals surface area (Å²) in [6.45, 7) is 7.82. The normalized spacial score (nSPS) is 18.2. The van der Waals surface area contributed by atoms with Crippen LogP contribution in [-0.2, 0) is 4.79 Å². The second-order valence-corrected chi connectivity index (χ2v) is 8.93. The predicted octanol–water partition coefficient (Wildman–Crippen LogP) is 4.71. The van der Waals surface area contributed by atoms with E-state index in [1.807, 2.05) is 6.92 Å². The van der Waals surface area contributed by atoms with E-state index in [0.29, 0.717) is 22.4 Å². The molecule has 0 unspecified atom stereocenters. The number of hydrogen-bond donors (Lipinski definition) is 1. The van der Waals surface area contributed by atoms with Crippen molar-refractivity contribution in [1.29, 1.82) is 0 Å². The Balaban J connectivity index is 1.68. The fourth-order valence-corrected chi connectivity index (χ4v) is 5.61. The minimum absolute atomic E-state index is 0.00833. The highest BCUT2D eigenvalue weighted by atomic mass is 32.2. The molecule has 27 heavy (non-hydrogen) atoms. The third kappa shape index (κ3) is 4.52. The van der Waals surface area contributed by atoms with Crippen molar-refractivity contribution in [3.05, 3.63) is 41.2 Å². The summed E-state index contributed by atoms with van der Waals surface area (Å²) in [5.41, 5.74) is 2.51. The molecule has 0 radical (unpaired) electrons. The first-order valence-electron chi connectivity index (χ1n) is 8.97. The smallest absolute Gasteiger partial charge is 0.234 e. The van der Waals surface area contributed by atoms with Crippen LogP contribution in [-0.4, -0.2) is 32.7 Å². The SMILES string of the molecule is CC[C@@H]1c2c(SCC(=O)Nc3ccc(C(C)=O)cc3)nc(C)nc2S[C@H]1C. The fourth-order valence-electron chi connectivity index (χ4n) is 3.20. The second kappa shape index (κ2) is 8.44. The number of nitrogens with zero attached hydrogens (tertiary/aromatic N) is 2. The molecule has 1 aliphatic heterocycles. The van der Waals surface area contributed by atoms with Crippen molar-refractivity contribution in [3.63, 3.8) is 0 Å². The average Bonchev–Trinajstić information content (AvgIpc) is 2.94. The van der Waals surface area contributed by atoms with Crippen LogP contribution in [0.5, 0.6) is 0 Å². The van der Waals surface area contributed by atoms with E-state index in [2.05, 4.69) is 29.1 Å². The number of anilines is 1. The molecule has 2 atom stereocenters. The Morgan fingerprint density at radius 3 is 2.56 bits per heavy atom. The van der Waals surface area contributed by atoms with E-state index in [1.54, 1.807) is 36.0 Å². The van der Waals surface area contributed by atoms with Gasteiger partial charge < -0.3 is 5.32 Å². The number of nitrogens with one attached hydrogen (secondary N) is 1. The Hall–Kier alpha value is -1.86. The van der Waals surface area contributed by atoms with Gasteiger partial charge in [-0.3, -0.25) is 9.59 Å². The molecule has 0 spiro atoms. The lowest BCUT2D eigenvalue weighted by atomic mass is 9.96. The molecule has 2 heterocycles. The van der Waals surface area contributed by atoms with Crippen LogP contribution in [0.4, 0.5) is 5.69 Å². The number of carbonyl (C=O) groups excluding carboxylic acids is 2. The molecule has 142 valence electrons. The van der Waals surface area contributed by atoms with E-state index in [0.717, 1.165) is 22.3 Å². The maximum absolute atomic E-state index is 12.4. The van der Waals surface area contributed by atoms with Gasteiger partial charge in [0.05, 0.1) is 5.75 Å². The number of fused-ring (bicyclic) bond motifs is 1. The van der Waals surface area contributed by atoms with Gasteiger partial charge in [-0.15, -0.1) is 11.8 Å². The molecule has 1 N–H and O–H groups in total. The highest BCUT2D eigenvalue weighted by molar-refractivity contribution is 8.01. The lowest BCUT2D eigenvalue weighted by Gasteiger charge is -2.15. The number of hydrogen-bond acceptors (Lipinski definition) is 6. The van der Waals surface area contributed by atoms with E-state index in [1.165, 1.54) is 24.2 Å². The molecule has 1 aromatic carbocycles. The van der Waals surface area contributed by atoms with Gasteiger partial charge in [0.1, 0.15) is 15.9 Å². The van der Waals surface area contributed by atoms with Gasteiger partial charge in [0, 0.05) is 28.0 Å². The zero-order valence-electron chi connectivity index (χ0n) is 15.9. The molecule has 1 aliphatic rings. The number of benzene rings is 1. The summed E-state index contributed by atoms with van der Waals surface area (Å²) in [7, 11) is 0. The van der Waals surface area contributed by atoms with Crippen LogP contribution < -0.4 is 5.32 Å². The van der Waals surface area contributed by atoms with Gasteiger partial charge in [-0.25, -0.2) is 9.97 Å². The van der Waals surface area contributed by atoms with Crippen molar-refractivity contribution >= 4 is 40.9 Å². The van der Waals surface area contributed by atoms with Gasteiger partial charge in [-0.05, 0) is 44.5 Å². The van der Waals surface area contributed by atoms with E-state index < -0.39 is 0 Å². The molecule has 5 nitrogen and oxygen atoms in total. The third-order valence-electron chi connectivity index (χ3n) is 4.58. The van der Waals surface area contributed by atoms with Gasteiger partial charge in [-0.1, -0.05) is 25.6 Å². The first-order chi connectivity index (χ1) is 12.9. The molecule has 1 amide bonds. The Morgan fingerprint density at radius 1 is 1.22 bits per heavy atom. The van der Waals surface area contributed by atoms with E-state index >= 15 is 0 Å². The number of amides is 1. The third-order valence-corrected chi connectivity index (χ3v) is 6.80. The van der Waals surface area contributed by atoms with Gasteiger partial charge in [0.25, 0.3) is 0 Å². The molecule has 0 saturated carbocycles. The molecule has 0 bridgehead atoms. The first kappa shape index (κ1) is 19.9. The average molecular weight is 402 g/mol. The summed E-state index contributed by atoms with van der Waals surface area (Å²) in [6.07, 6.45) is 1.04. The highest BCUT2D eigenvalue weighted by Crippen LogP contribution is 2.48. The maximum Gasteiger partial charge on any atom is 0.234 e. The molecule has 0 fully saturated rings. The summed E-state index contributed by atoms with van der Waals surface area (Å²) >= 11 is 3.27. The van der Waals surface area contributed by atoms with Crippen LogP contribution in [0.15, 0.2) is 34.3 Å². The molecule has 0 aliphatic carbocycles. The number of ketones is 1. The van der Waals surface area contributed by atoms with E-state index in [-0.39, 0.29) is 17.4 Å². The number of rotatable bonds is 6. The van der Waals surface area contributed by atoms with Crippen molar-refractivity contribution in [2.75, 3.05) is 11.1 Å². The predicted molar refractivity (Wildman–Crippen MR) is 111 cm³/mol. The number of aryl methyl sites for hydroxylation is 1. The molecular weight excluding hydrogens is 378 g/mol. The van der Waals surface area contributed by atoms with Crippen LogP contribution >= 0.6 is 23.5 Å². The molecule has 7 heteroatoms. The van der Waals surface area contributed by atoms with Crippen molar-refractivity contribution in [2.45, 2.75) is 55.3 Å². The Labute approximate surface area is 168 Å². The number of Topliss-reactive ketones (excluding diaryl/α,β-unsaturated/α-hetero) is 1. The van der Waals surface area contributed by atoms with Crippen molar-refractivity contribution in [3.8, 4) is 0 Å². The Bertz CT molecular complexity index is 868. The number of carbonyl (C=O) groups is 2. The molecule has 1 aromatic heterocycles. The van der Waals surface area contributed by atoms with Crippen molar-refractivity contribution in [2.24, 2.45) is 0 Å². The second-order valence-electron chi connectivity index (χ2n) is 6.60. The van der Waals surface area contributed by atoms with Crippen molar-refractivity contribution < 1.29 is 9.59 Å².